The highest BCUT2D eigenvalue weighted by atomic mass is 16.6. The first-order valence-corrected chi connectivity index (χ1v) is 17.7. The first-order valence-electron chi connectivity index (χ1n) is 17.7. The van der Waals surface area contributed by atoms with Crippen LogP contribution in [0.25, 0.3) is 0 Å². The van der Waals surface area contributed by atoms with Gasteiger partial charge in [0.15, 0.2) is 0 Å². The lowest BCUT2D eigenvalue weighted by Gasteiger charge is -2.24. The Morgan fingerprint density at radius 1 is 0.481 bits per heavy atom. The molecular formula is C36H61NO15. The van der Waals surface area contributed by atoms with Gasteiger partial charge in [-0.3, -0.25) is 4.79 Å². The predicted molar refractivity (Wildman–Crippen MR) is 189 cm³/mol. The number of ketones is 1. The summed E-state index contributed by atoms with van der Waals surface area (Å²) >= 11 is 0. The van der Waals surface area contributed by atoms with Gasteiger partial charge in [-0.05, 0) is 20.8 Å². The SMILES string of the molecule is CN(CCOCCOCCOCCOCCOCCOCCOCCOCCOCCOCCOC(=O)C(=O)c1ccccc1)C(=O)OC(C)(C)C. The molecule has 0 aliphatic heterocycles. The fourth-order valence-electron chi connectivity index (χ4n) is 3.68. The number of Topliss-reactive ketones (excluding diaryl/α,β-unsaturated/α-hetero) is 1. The van der Waals surface area contributed by atoms with Crippen molar-refractivity contribution in [3.8, 4) is 0 Å². The van der Waals surface area contributed by atoms with Crippen LogP contribution in [0.4, 0.5) is 4.79 Å². The molecule has 0 saturated heterocycles. The normalized spacial score (nSPS) is 11.5. The number of ether oxygens (including phenoxy) is 12. The van der Waals surface area contributed by atoms with Gasteiger partial charge in [0, 0.05) is 19.2 Å². The Hall–Kier alpha value is -2.77. The molecule has 0 aliphatic rings. The molecule has 1 amide bonds. The Morgan fingerprint density at radius 3 is 1.12 bits per heavy atom. The Morgan fingerprint density at radius 2 is 0.788 bits per heavy atom. The minimum absolute atomic E-state index is 0.00780. The zero-order valence-corrected chi connectivity index (χ0v) is 31.5. The van der Waals surface area contributed by atoms with Crippen molar-refractivity contribution in [2.24, 2.45) is 0 Å². The molecule has 16 heteroatoms. The van der Waals surface area contributed by atoms with Gasteiger partial charge in [-0.1, -0.05) is 30.3 Å². The van der Waals surface area contributed by atoms with Crippen molar-refractivity contribution < 1.29 is 71.2 Å². The summed E-state index contributed by atoms with van der Waals surface area (Å²) < 4.78 is 64.7. The van der Waals surface area contributed by atoms with Crippen LogP contribution in [0.5, 0.6) is 0 Å². The van der Waals surface area contributed by atoms with E-state index in [-0.39, 0.29) is 19.3 Å². The number of carbonyl (C=O) groups is 3. The van der Waals surface area contributed by atoms with E-state index in [1.165, 1.54) is 4.90 Å². The summed E-state index contributed by atoms with van der Waals surface area (Å²) in [6, 6.07) is 8.24. The van der Waals surface area contributed by atoms with Crippen LogP contribution < -0.4 is 0 Å². The number of esters is 1. The second-order valence-electron chi connectivity index (χ2n) is 11.9. The maximum atomic E-state index is 11.9. The summed E-state index contributed by atoms with van der Waals surface area (Å²) in [7, 11) is 1.68. The van der Waals surface area contributed by atoms with Crippen LogP contribution in [0.3, 0.4) is 0 Å². The minimum atomic E-state index is -0.901. The molecule has 0 N–H and O–H groups in total. The second-order valence-corrected chi connectivity index (χ2v) is 11.9. The average Bonchev–Trinajstić information content (AvgIpc) is 3.12. The van der Waals surface area contributed by atoms with Crippen LogP contribution in [0.15, 0.2) is 30.3 Å². The first kappa shape index (κ1) is 47.3. The summed E-state index contributed by atoms with van der Waals surface area (Å²) in [4.78, 5) is 37.0. The Kier molecular flexibility index (Phi) is 29.8. The van der Waals surface area contributed by atoms with E-state index >= 15 is 0 Å². The molecular weight excluding hydrogens is 686 g/mol. The van der Waals surface area contributed by atoms with E-state index in [0.717, 1.165) is 0 Å². The molecule has 300 valence electrons. The Labute approximate surface area is 308 Å². The van der Waals surface area contributed by atoms with Crippen molar-refractivity contribution in [3.05, 3.63) is 35.9 Å². The van der Waals surface area contributed by atoms with E-state index in [1.807, 2.05) is 20.8 Å². The predicted octanol–water partition coefficient (Wildman–Crippen LogP) is 2.45. The largest absolute Gasteiger partial charge is 0.457 e. The van der Waals surface area contributed by atoms with E-state index in [9.17, 15) is 14.4 Å². The van der Waals surface area contributed by atoms with E-state index in [4.69, 9.17) is 56.8 Å². The maximum Gasteiger partial charge on any atom is 0.410 e. The second kappa shape index (κ2) is 32.8. The van der Waals surface area contributed by atoms with Crippen molar-refractivity contribution in [1.82, 2.24) is 4.90 Å². The van der Waals surface area contributed by atoms with Gasteiger partial charge in [-0.25, -0.2) is 9.59 Å². The Balaban J connectivity index is 1.69. The Bertz CT molecular complexity index is 1010. The van der Waals surface area contributed by atoms with Crippen LogP contribution in [0.2, 0.25) is 0 Å². The topological polar surface area (TPSA) is 165 Å². The molecule has 1 rings (SSSR count). The van der Waals surface area contributed by atoms with E-state index < -0.39 is 17.4 Å². The molecule has 52 heavy (non-hydrogen) atoms. The summed E-state index contributed by atoms with van der Waals surface area (Å²) in [5.41, 5.74) is -0.226. The number of hydrogen-bond donors (Lipinski definition) is 0. The number of nitrogens with zero attached hydrogens (tertiary/aromatic N) is 1. The molecule has 0 unspecified atom stereocenters. The summed E-state index contributed by atoms with van der Waals surface area (Å²) in [5, 5.41) is 0. The van der Waals surface area contributed by atoms with Gasteiger partial charge in [0.25, 0.3) is 5.78 Å². The molecule has 0 aliphatic carbocycles. The third-order valence-electron chi connectivity index (χ3n) is 6.31. The molecule has 0 radical (unpaired) electrons. The summed E-state index contributed by atoms with van der Waals surface area (Å²) in [6.07, 6.45) is -0.372. The van der Waals surface area contributed by atoms with Crippen LogP contribution >= 0.6 is 0 Å². The van der Waals surface area contributed by atoms with Gasteiger partial charge < -0.3 is 61.7 Å². The fourth-order valence-corrected chi connectivity index (χ4v) is 3.68. The monoisotopic (exact) mass is 747 g/mol. The van der Waals surface area contributed by atoms with Gasteiger partial charge in [0.1, 0.15) is 12.2 Å². The van der Waals surface area contributed by atoms with Crippen molar-refractivity contribution >= 4 is 17.8 Å². The molecule has 0 fully saturated rings. The van der Waals surface area contributed by atoms with Crippen LogP contribution in [0, 0.1) is 0 Å². The smallest absolute Gasteiger partial charge is 0.410 e. The van der Waals surface area contributed by atoms with Gasteiger partial charge in [0.2, 0.25) is 0 Å². The molecule has 16 nitrogen and oxygen atoms in total. The molecule has 0 atom stereocenters. The third kappa shape index (κ3) is 29.8. The van der Waals surface area contributed by atoms with Crippen molar-refractivity contribution in [2.45, 2.75) is 26.4 Å². The highest BCUT2D eigenvalue weighted by molar-refractivity contribution is 6.40. The molecule has 0 spiro atoms. The lowest BCUT2D eigenvalue weighted by Crippen LogP contribution is -2.36. The van der Waals surface area contributed by atoms with Crippen LogP contribution in [-0.4, -0.2) is 181 Å². The van der Waals surface area contributed by atoms with Gasteiger partial charge in [-0.15, -0.1) is 0 Å². The van der Waals surface area contributed by atoms with Gasteiger partial charge in [0.05, 0.1) is 132 Å². The summed E-state index contributed by atoms with van der Waals surface area (Å²) in [6.45, 7) is 14.5. The first-order chi connectivity index (χ1) is 25.2. The van der Waals surface area contributed by atoms with Crippen LogP contribution in [0.1, 0.15) is 31.1 Å². The molecule has 1 aromatic rings. The maximum absolute atomic E-state index is 11.9. The minimum Gasteiger partial charge on any atom is -0.457 e. The number of likely N-dealkylation sites (N-methyl/N-ethyl adjacent to an activating group) is 1. The molecule has 0 saturated carbocycles. The van der Waals surface area contributed by atoms with Crippen molar-refractivity contribution in [2.75, 3.05) is 152 Å². The molecule has 1 aromatic carbocycles. The quantitative estimate of drug-likeness (QED) is 0.0430. The van der Waals surface area contributed by atoms with E-state index in [1.54, 1.807) is 37.4 Å². The molecule has 0 aromatic heterocycles. The summed E-state index contributed by atoms with van der Waals surface area (Å²) in [5.74, 6) is -1.58. The molecule has 0 heterocycles. The zero-order valence-electron chi connectivity index (χ0n) is 31.5. The number of benzene rings is 1. The number of carbonyl (C=O) groups excluding carboxylic acids is 3. The van der Waals surface area contributed by atoms with Gasteiger partial charge >= 0.3 is 12.1 Å². The van der Waals surface area contributed by atoms with E-state index in [0.29, 0.717) is 138 Å². The lowest BCUT2D eigenvalue weighted by atomic mass is 10.1. The highest BCUT2D eigenvalue weighted by Gasteiger charge is 2.19. The van der Waals surface area contributed by atoms with Crippen molar-refractivity contribution in [3.63, 3.8) is 0 Å². The van der Waals surface area contributed by atoms with Crippen molar-refractivity contribution in [1.29, 1.82) is 0 Å². The molecule has 0 bridgehead atoms. The number of rotatable bonds is 35. The lowest BCUT2D eigenvalue weighted by molar-refractivity contribution is -0.139. The standard InChI is InChI=1S/C36H61NO15/c1-36(2,3)52-35(40)37(4)10-11-41-12-13-42-14-15-43-16-17-44-18-19-45-20-21-46-22-23-47-24-25-48-26-27-49-28-29-50-30-31-51-34(39)33(38)32-8-6-5-7-9-32/h5-9H,10-31H2,1-4H3. The number of hydrogen-bond acceptors (Lipinski definition) is 15. The van der Waals surface area contributed by atoms with Crippen LogP contribution in [-0.2, 0) is 61.6 Å². The average molecular weight is 748 g/mol. The zero-order chi connectivity index (χ0) is 38.0. The fraction of sp³-hybridized carbons (Fsp3) is 0.750. The van der Waals surface area contributed by atoms with Gasteiger partial charge in [-0.2, -0.15) is 0 Å². The highest BCUT2D eigenvalue weighted by Crippen LogP contribution is 2.08. The number of amides is 1. The van der Waals surface area contributed by atoms with E-state index in [2.05, 4.69) is 0 Å². The third-order valence-corrected chi connectivity index (χ3v) is 6.31.